The van der Waals surface area contributed by atoms with Crippen molar-refractivity contribution >= 4 is 38.5 Å². The van der Waals surface area contributed by atoms with Crippen LogP contribution in [0.25, 0.3) is 22.2 Å². The lowest BCUT2D eigenvalue weighted by Gasteiger charge is -2.54. The molecule has 3 saturated carbocycles. The average Bonchev–Trinajstić information content (AvgIpc) is 2.84. The molecular weight excluding hydrogens is 486 g/mol. The molecule has 0 aliphatic heterocycles. The smallest absolute Gasteiger partial charge is 0.253 e. The largest absolute Gasteiger partial charge is 0.341 e. The first kappa shape index (κ1) is 23.0. The van der Waals surface area contributed by atoms with Crippen molar-refractivity contribution in [2.75, 3.05) is 7.05 Å². The maximum Gasteiger partial charge on any atom is 0.253 e. The molecule has 3 aliphatic rings. The number of nitrogens with one attached hydrogen (secondary N) is 1. The Balaban J connectivity index is 1.61. The Morgan fingerprint density at radius 3 is 2.47 bits per heavy atom. The number of nitrogens with zero attached hydrogens (tertiary/aromatic N) is 2. The first-order chi connectivity index (χ1) is 16.3. The van der Waals surface area contributed by atoms with Gasteiger partial charge in [0.1, 0.15) is 0 Å². The van der Waals surface area contributed by atoms with Crippen molar-refractivity contribution in [3.05, 3.63) is 76.3 Å². The summed E-state index contributed by atoms with van der Waals surface area (Å²) in [7, 11) is 1.85. The van der Waals surface area contributed by atoms with Crippen LogP contribution in [-0.2, 0) is 0 Å². The third-order valence-corrected chi connectivity index (χ3v) is 8.60. The summed E-state index contributed by atoms with van der Waals surface area (Å²) in [4.78, 5) is 23.7. The first-order valence-electron chi connectivity index (χ1n) is 11.9. The van der Waals surface area contributed by atoms with Gasteiger partial charge >= 0.3 is 0 Å². The summed E-state index contributed by atoms with van der Waals surface area (Å²) < 4.78 is 0.929. The maximum atomic E-state index is 14.1. The second-order valence-electron chi connectivity index (χ2n) is 9.93. The monoisotopic (exact) mass is 515 g/mol. The highest BCUT2D eigenvalue weighted by atomic mass is 79.9. The molecule has 3 aliphatic carbocycles. The van der Waals surface area contributed by atoms with Crippen molar-refractivity contribution in [3.8, 4) is 11.3 Å². The van der Waals surface area contributed by atoms with Crippen molar-refractivity contribution in [1.82, 2.24) is 10.3 Å². The van der Waals surface area contributed by atoms with Crippen LogP contribution in [0.3, 0.4) is 0 Å². The van der Waals surface area contributed by atoms with E-state index >= 15 is 0 Å². The fourth-order valence-electron chi connectivity index (χ4n) is 5.96. The molecule has 0 radical (unpaired) electrons. The summed E-state index contributed by atoms with van der Waals surface area (Å²) in [6.07, 6.45) is 4.76. The number of amides is 1. The number of allylic oxidation sites excluding steroid dienone is 1. The van der Waals surface area contributed by atoms with E-state index in [0.29, 0.717) is 5.56 Å². The summed E-state index contributed by atoms with van der Waals surface area (Å²) in [6.45, 7) is 8.43. The molecule has 0 unspecified atom stereocenters. The number of benzene rings is 2. The molecule has 0 atom stereocenters. The van der Waals surface area contributed by atoms with Gasteiger partial charge in [-0.25, -0.2) is 4.98 Å². The topological polar surface area (TPSA) is 54.4 Å². The average molecular weight is 516 g/mol. The summed E-state index contributed by atoms with van der Waals surface area (Å²) >= 11 is 3.59. The van der Waals surface area contributed by atoms with Crippen LogP contribution < -0.4 is 5.32 Å². The quantitative estimate of drug-likeness (QED) is 0.378. The molecule has 2 aromatic carbocycles. The Kier molecular flexibility index (Phi) is 5.71. The molecule has 6 rings (SSSR count). The van der Waals surface area contributed by atoms with Crippen molar-refractivity contribution in [1.29, 1.82) is 0 Å². The number of rotatable bonds is 4. The van der Waals surface area contributed by atoms with E-state index in [1.165, 1.54) is 5.57 Å². The van der Waals surface area contributed by atoms with Crippen LogP contribution in [0.5, 0.6) is 0 Å². The van der Waals surface area contributed by atoms with Crippen LogP contribution >= 0.6 is 15.9 Å². The van der Waals surface area contributed by atoms with E-state index in [9.17, 15) is 4.79 Å². The highest BCUT2D eigenvalue weighted by Gasteiger charge is 2.53. The second kappa shape index (κ2) is 8.46. The zero-order valence-corrected chi connectivity index (χ0v) is 21.6. The van der Waals surface area contributed by atoms with Gasteiger partial charge in [-0.15, -0.1) is 0 Å². The summed E-state index contributed by atoms with van der Waals surface area (Å²) in [6, 6.07) is 16.0. The van der Waals surface area contributed by atoms with Gasteiger partial charge in [-0.3, -0.25) is 9.79 Å². The molecule has 0 saturated heterocycles. The highest BCUT2D eigenvalue weighted by molar-refractivity contribution is 9.10. The highest BCUT2D eigenvalue weighted by Crippen LogP contribution is 2.54. The summed E-state index contributed by atoms with van der Waals surface area (Å²) in [5.74, 6) is -0.0499. The molecule has 174 valence electrons. The lowest BCUT2D eigenvalue weighted by molar-refractivity contribution is 0.0840. The third-order valence-electron chi connectivity index (χ3n) is 8.11. The van der Waals surface area contributed by atoms with Crippen LogP contribution in [0.2, 0.25) is 0 Å². The van der Waals surface area contributed by atoms with E-state index in [-0.39, 0.29) is 16.9 Å². The van der Waals surface area contributed by atoms with Crippen molar-refractivity contribution in [2.45, 2.75) is 51.5 Å². The molecule has 3 fully saturated rings. The third kappa shape index (κ3) is 3.61. The minimum atomic E-state index is -0.385. The fourth-order valence-corrected chi connectivity index (χ4v) is 6.32. The van der Waals surface area contributed by atoms with Crippen LogP contribution in [-0.4, -0.2) is 29.2 Å². The van der Waals surface area contributed by atoms with Gasteiger partial charge in [-0.1, -0.05) is 58.4 Å². The molecule has 1 aromatic heterocycles. The Morgan fingerprint density at radius 1 is 1.12 bits per heavy atom. The van der Waals surface area contributed by atoms with Crippen molar-refractivity contribution in [3.63, 3.8) is 0 Å². The summed E-state index contributed by atoms with van der Waals surface area (Å²) in [5.41, 5.74) is 6.33. The molecule has 1 heterocycles. The number of carbonyl (C=O) groups excluding carboxylic acids is 1. The molecule has 1 N–H and O–H groups in total. The van der Waals surface area contributed by atoms with Crippen LogP contribution in [0.4, 0.5) is 0 Å². The Hall–Kier alpha value is -2.79. The zero-order chi connectivity index (χ0) is 24.1. The van der Waals surface area contributed by atoms with Gasteiger partial charge in [0.2, 0.25) is 0 Å². The number of fused-ring (bicyclic) bond motifs is 4. The van der Waals surface area contributed by atoms with Crippen LogP contribution in [0, 0.1) is 12.3 Å². The van der Waals surface area contributed by atoms with Crippen molar-refractivity contribution < 1.29 is 4.79 Å². The molecule has 3 aromatic rings. The van der Waals surface area contributed by atoms with E-state index in [2.05, 4.69) is 39.7 Å². The predicted octanol–water partition coefficient (Wildman–Crippen LogP) is 7.05. The van der Waals surface area contributed by atoms with E-state index in [4.69, 9.17) is 4.98 Å². The predicted molar refractivity (Wildman–Crippen MR) is 144 cm³/mol. The van der Waals surface area contributed by atoms with Crippen LogP contribution in [0.15, 0.2) is 70.1 Å². The SMILES string of the molecule is C=C(C)C12CCC(NC(=O)c3c(C)c(-c4ccccc4)nc4ccc(Br)cc34)(CC1)C(=NC)C2. The van der Waals surface area contributed by atoms with Gasteiger partial charge in [0, 0.05) is 28.2 Å². The Labute approximate surface area is 209 Å². The molecule has 4 nitrogen and oxygen atoms in total. The number of carbonyl (C=O) groups is 1. The molecule has 1 amide bonds. The fraction of sp³-hybridized carbons (Fsp3) is 0.345. The summed E-state index contributed by atoms with van der Waals surface area (Å²) in [5, 5.41) is 4.34. The molecule has 2 bridgehead atoms. The normalized spacial score (nSPS) is 25.0. The molecular formula is C29H30BrN3O. The lowest BCUT2D eigenvalue weighted by Crippen LogP contribution is -2.62. The van der Waals surface area contributed by atoms with Gasteiger partial charge in [0.15, 0.2) is 0 Å². The number of hydrogen-bond donors (Lipinski definition) is 1. The van der Waals surface area contributed by atoms with Gasteiger partial charge in [-0.05, 0) is 75.1 Å². The second-order valence-corrected chi connectivity index (χ2v) is 10.8. The number of halogens is 1. The lowest BCUT2D eigenvalue weighted by atomic mass is 9.54. The Bertz CT molecular complexity index is 1330. The van der Waals surface area contributed by atoms with E-state index < -0.39 is 0 Å². The number of aliphatic imine (C=N–C) groups is 1. The standard InChI is InChI=1S/C29H30BrN3O/c1-18(2)28-12-14-29(15-13-28,24(17-28)31-4)33-27(34)25-19(3)26(20-8-6-5-7-9-20)32-23-11-10-21(30)16-22(23)25/h5-11,16H,1,12-15,17H2,2-4H3,(H,33,34). The maximum absolute atomic E-state index is 14.1. The van der Waals surface area contributed by atoms with Gasteiger partial charge in [0.25, 0.3) is 5.91 Å². The molecule has 5 heteroatoms. The minimum absolute atomic E-state index is 0.0499. The van der Waals surface area contributed by atoms with Gasteiger partial charge < -0.3 is 5.32 Å². The van der Waals surface area contributed by atoms with E-state index in [0.717, 1.165) is 70.0 Å². The molecule has 34 heavy (non-hydrogen) atoms. The number of pyridine rings is 1. The Morgan fingerprint density at radius 2 is 1.82 bits per heavy atom. The zero-order valence-electron chi connectivity index (χ0n) is 20.0. The van der Waals surface area contributed by atoms with E-state index in [1.54, 1.807) is 0 Å². The number of hydrogen-bond acceptors (Lipinski definition) is 3. The minimum Gasteiger partial charge on any atom is -0.341 e. The molecule has 0 spiro atoms. The van der Waals surface area contributed by atoms with Gasteiger partial charge in [-0.2, -0.15) is 0 Å². The van der Waals surface area contributed by atoms with E-state index in [1.807, 2.05) is 62.5 Å². The first-order valence-corrected chi connectivity index (χ1v) is 12.7. The van der Waals surface area contributed by atoms with Gasteiger partial charge in [0.05, 0.1) is 22.3 Å². The van der Waals surface area contributed by atoms with Crippen LogP contribution in [0.1, 0.15) is 54.9 Å². The number of aromatic nitrogens is 1. The van der Waals surface area contributed by atoms with Crippen molar-refractivity contribution in [2.24, 2.45) is 10.4 Å².